The summed E-state index contributed by atoms with van der Waals surface area (Å²) >= 11 is 0. The molecule has 0 spiro atoms. The molecule has 0 aliphatic carbocycles. The predicted molar refractivity (Wildman–Crippen MR) is 36.1 cm³/mol. The third kappa shape index (κ3) is 4.03. The van der Waals surface area contributed by atoms with Gasteiger partial charge in [-0.1, -0.05) is 19.1 Å². The van der Waals surface area contributed by atoms with E-state index in [9.17, 15) is 13.2 Å². The van der Waals surface area contributed by atoms with Crippen molar-refractivity contribution in [3.63, 3.8) is 0 Å². The van der Waals surface area contributed by atoms with Crippen LogP contribution in [0.25, 0.3) is 0 Å². The normalized spacial score (nSPS) is 14.6. The van der Waals surface area contributed by atoms with Crippen molar-refractivity contribution in [1.82, 2.24) is 0 Å². The Labute approximate surface area is 63.5 Å². The minimum atomic E-state index is -4.52. The molecule has 11 heavy (non-hydrogen) atoms. The van der Waals surface area contributed by atoms with E-state index in [1.165, 1.54) is 0 Å². The highest BCUT2D eigenvalue weighted by molar-refractivity contribution is 4.95. The smallest absolute Gasteiger partial charge is 0.383 e. The summed E-state index contributed by atoms with van der Waals surface area (Å²) in [5.74, 6) is 0. The van der Waals surface area contributed by atoms with Gasteiger partial charge in [-0.05, 0) is 6.42 Å². The van der Waals surface area contributed by atoms with Crippen LogP contribution in [0.4, 0.5) is 13.2 Å². The summed E-state index contributed by atoms with van der Waals surface area (Å²) in [5.41, 5.74) is 0.412. The molecule has 0 bridgehead atoms. The molecule has 0 rings (SSSR count). The van der Waals surface area contributed by atoms with Crippen LogP contribution in [0.2, 0.25) is 0 Å². The molecule has 0 saturated heterocycles. The highest BCUT2D eigenvalue weighted by Gasteiger charge is 2.37. The van der Waals surface area contributed by atoms with Gasteiger partial charge in [0.2, 0.25) is 0 Å². The number of halogens is 3. The van der Waals surface area contributed by atoms with Crippen molar-refractivity contribution in [1.29, 1.82) is 0 Å². The van der Waals surface area contributed by atoms with Gasteiger partial charge in [0.1, 0.15) is 0 Å². The van der Waals surface area contributed by atoms with Crippen molar-refractivity contribution in [3.05, 3.63) is 12.2 Å². The SMILES string of the molecule is C=C(CC)C[C@@H](O)C(F)(F)F. The van der Waals surface area contributed by atoms with Crippen LogP contribution < -0.4 is 0 Å². The van der Waals surface area contributed by atoms with Crippen molar-refractivity contribution in [2.75, 3.05) is 0 Å². The number of hydrogen-bond acceptors (Lipinski definition) is 1. The average Bonchev–Trinajstić information content (AvgIpc) is 1.85. The summed E-state index contributed by atoms with van der Waals surface area (Å²) < 4.78 is 35.0. The van der Waals surface area contributed by atoms with Crippen molar-refractivity contribution in [2.45, 2.75) is 32.0 Å². The molecule has 0 aromatic rings. The zero-order chi connectivity index (χ0) is 9.07. The van der Waals surface area contributed by atoms with E-state index in [0.717, 1.165) is 0 Å². The van der Waals surface area contributed by atoms with Gasteiger partial charge in [-0.3, -0.25) is 0 Å². The van der Waals surface area contributed by atoms with Crippen LogP contribution in [-0.4, -0.2) is 17.4 Å². The summed E-state index contributed by atoms with van der Waals surface area (Å²) in [6.45, 7) is 5.07. The predicted octanol–water partition coefficient (Wildman–Crippen LogP) is 2.27. The topological polar surface area (TPSA) is 20.2 Å². The van der Waals surface area contributed by atoms with Gasteiger partial charge < -0.3 is 5.11 Å². The van der Waals surface area contributed by atoms with Gasteiger partial charge in [-0.15, -0.1) is 0 Å². The van der Waals surface area contributed by atoms with Gasteiger partial charge in [0.15, 0.2) is 6.10 Å². The number of alkyl halides is 3. The second-order valence-corrected chi connectivity index (χ2v) is 2.37. The quantitative estimate of drug-likeness (QED) is 0.641. The molecule has 0 saturated carbocycles. The van der Waals surface area contributed by atoms with Gasteiger partial charge in [-0.25, -0.2) is 0 Å². The number of rotatable bonds is 3. The first-order valence-electron chi connectivity index (χ1n) is 3.29. The van der Waals surface area contributed by atoms with Gasteiger partial charge in [0.05, 0.1) is 0 Å². The zero-order valence-corrected chi connectivity index (χ0v) is 6.28. The molecule has 1 atom stereocenters. The maximum Gasteiger partial charge on any atom is 0.414 e. The molecule has 1 N–H and O–H groups in total. The van der Waals surface area contributed by atoms with E-state index in [0.29, 0.717) is 12.0 Å². The fourth-order valence-corrected chi connectivity index (χ4v) is 0.534. The Morgan fingerprint density at radius 3 is 2.27 bits per heavy atom. The van der Waals surface area contributed by atoms with Crippen LogP contribution in [0.3, 0.4) is 0 Å². The monoisotopic (exact) mass is 168 g/mol. The van der Waals surface area contributed by atoms with Crippen LogP contribution in [-0.2, 0) is 0 Å². The first-order valence-corrected chi connectivity index (χ1v) is 3.29. The minimum absolute atomic E-state index is 0.389. The first-order chi connectivity index (χ1) is 4.88. The molecule has 4 heteroatoms. The molecule has 0 aromatic heterocycles. The first kappa shape index (κ1) is 10.5. The van der Waals surface area contributed by atoms with Crippen molar-refractivity contribution >= 4 is 0 Å². The molecule has 0 aromatic carbocycles. The van der Waals surface area contributed by atoms with E-state index in [2.05, 4.69) is 6.58 Å². The second-order valence-electron chi connectivity index (χ2n) is 2.37. The Hall–Kier alpha value is -0.510. The fraction of sp³-hybridized carbons (Fsp3) is 0.714. The lowest BCUT2D eigenvalue weighted by Crippen LogP contribution is -2.28. The highest BCUT2D eigenvalue weighted by atomic mass is 19.4. The van der Waals surface area contributed by atoms with Crippen LogP contribution in [0, 0.1) is 0 Å². The van der Waals surface area contributed by atoms with E-state index in [1.54, 1.807) is 6.92 Å². The largest absolute Gasteiger partial charge is 0.414 e. The van der Waals surface area contributed by atoms with Gasteiger partial charge in [0, 0.05) is 6.42 Å². The van der Waals surface area contributed by atoms with E-state index < -0.39 is 12.3 Å². The van der Waals surface area contributed by atoms with Crippen molar-refractivity contribution in [3.8, 4) is 0 Å². The number of hydrogen-bond donors (Lipinski definition) is 1. The molecule has 0 radical (unpaired) electrons. The third-order valence-electron chi connectivity index (χ3n) is 1.36. The standard InChI is InChI=1S/C7H11F3O/c1-3-5(2)4-6(11)7(8,9)10/h6,11H,2-4H2,1H3/t6-/m1/s1. The molecule has 0 amide bonds. The molecule has 66 valence electrons. The maximum atomic E-state index is 11.7. The summed E-state index contributed by atoms with van der Waals surface area (Å²) in [7, 11) is 0. The Bertz CT molecular complexity index is 139. The second kappa shape index (κ2) is 3.76. The summed E-state index contributed by atoms with van der Waals surface area (Å²) in [6, 6.07) is 0. The van der Waals surface area contributed by atoms with Crippen molar-refractivity contribution in [2.24, 2.45) is 0 Å². The summed E-state index contributed by atoms with van der Waals surface area (Å²) in [5, 5.41) is 8.50. The van der Waals surface area contributed by atoms with E-state index in [1.807, 2.05) is 0 Å². The van der Waals surface area contributed by atoms with Gasteiger partial charge in [0.25, 0.3) is 0 Å². The fourth-order valence-electron chi connectivity index (χ4n) is 0.534. The summed E-state index contributed by atoms with van der Waals surface area (Å²) in [6.07, 6.45) is -6.69. The number of aliphatic hydroxyl groups excluding tert-OH is 1. The van der Waals surface area contributed by atoms with Crippen LogP contribution in [0.15, 0.2) is 12.2 Å². The van der Waals surface area contributed by atoms with Crippen LogP contribution in [0.1, 0.15) is 19.8 Å². The molecule has 1 nitrogen and oxygen atoms in total. The lowest BCUT2D eigenvalue weighted by Gasteiger charge is -2.14. The maximum absolute atomic E-state index is 11.7. The Kier molecular flexibility index (Phi) is 3.58. The minimum Gasteiger partial charge on any atom is -0.383 e. The third-order valence-corrected chi connectivity index (χ3v) is 1.36. The Morgan fingerprint density at radius 1 is 1.55 bits per heavy atom. The lowest BCUT2D eigenvalue weighted by molar-refractivity contribution is -0.203. The molecule has 0 fully saturated rings. The van der Waals surface area contributed by atoms with Gasteiger partial charge in [-0.2, -0.15) is 13.2 Å². The highest BCUT2D eigenvalue weighted by Crippen LogP contribution is 2.24. The van der Waals surface area contributed by atoms with E-state index >= 15 is 0 Å². The zero-order valence-electron chi connectivity index (χ0n) is 6.28. The number of aliphatic hydroxyl groups is 1. The molecule has 0 heterocycles. The Morgan fingerprint density at radius 2 is 2.00 bits per heavy atom. The summed E-state index contributed by atoms with van der Waals surface area (Å²) in [4.78, 5) is 0. The van der Waals surface area contributed by atoms with E-state index in [-0.39, 0.29) is 6.42 Å². The molecule has 0 aliphatic heterocycles. The molecular weight excluding hydrogens is 157 g/mol. The molecule has 0 unspecified atom stereocenters. The molecule has 0 aliphatic rings. The van der Waals surface area contributed by atoms with E-state index in [4.69, 9.17) is 5.11 Å². The lowest BCUT2D eigenvalue weighted by atomic mass is 10.1. The Balaban J connectivity index is 3.87. The van der Waals surface area contributed by atoms with Crippen molar-refractivity contribution < 1.29 is 18.3 Å². The average molecular weight is 168 g/mol. The van der Waals surface area contributed by atoms with Gasteiger partial charge >= 0.3 is 6.18 Å². The van der Waals surface area contributed by atoms with Crippen LogP contribution in [0.5, 0.6) is 0 Å². The van der Waals surface area contributed by atoms with Crippen LogP contribution >= 0.6 is 0 Å². The molecular formula is C7H11F3O.